The average Bonchev–Trinajstić information content (AvgIpc) is 2.30. The predicted molar refractivity (Wildman–Crippen MR) is 70.6 cm³/mol. The first kappa shape index (κ1) is 13.9. The van der Waals surface area contributed by atoms with Gasteiger partial charge < -0.3 is 5.73 Å². The van der Waals surface area contributed by atoms with Crippen molar-refractivity contribution in [1.82, 2.24) is 9.80 Å². The van der Waals surface area contributed by atoms with Gasteiger partial charge in [0.05, 0.1) is 0 Å². The van der Waals surface area contributed by atoms with Gasteiger partial charge >= 0.3 is 0 Å². The van der Waals surface area contributed by atoms with Gasteiger partial charge in [0.15, 0.2) is 0 Å². The maximum absolute atomic E-state index is 5.92. The minimum Gasteiger partial charge on any atom is -0.329 e. The molecule has 3 heteroatoms. The Morgan fingerprint density at radius 3 is 1.88 bits per heavy atom. The van der Waals surface area contributed by atoms with Crippen LogP contribution in [0.15, 0.2) is 0 Å². The van der Waals surface area contributed by atoms with Gasteiger partial charge in [-0.3, -0.25) is 9.80 Å². The Hall–Kier alpha value is -0.120. The zero-order chi connectivity index (χ0) is 12.1. The molecule has 0 aromatic heterocycles. The molecule has 1 fully saturated rings. The lowest BCUT2D eigenvalue weighted by molar-refractivity contribution is 0.0611. The molecule has 0 spiro atoms. The van der Waals surface area contributed by atoms with E-state index in [9.17, 15) is 0 Å². The maximum Gasteiger partial charge on any atom is 0.0244 e. The predicted octanol–water partition coefficient (Wildman–Crippen LogP) is 1.39. The van der Waals surface area contributed by atoms with Gasteiger partial charge in [-0.25, -0.2) is 0 Å². The standard InChI is InChI=1S/C13H29N3/c1-5-12(4)13(10-14)16-8-6-15(7-9-16)11(2)3/h11-13H,5-10,14H2,1-4H3. The molecule has 0 aliphatic carbocycles. The van der Waals surface area contributed by atoms with E-state index in [0.29, 0.717) is 12.1 Å². The topological polar surface area (TPSA) is 32.5 Å². The van der Waals surface area contributed by atoms with Crippen LogP contribution in [0.2, 0.25) is 0 Å². The molecule has 0 aromatic carbocycles. The first-order chi connectivity index (χ1) is 7.60. The number of nitrogens with two attached hydrogens (primary N) is 1. The summed E-state index contributed by atoms with van der Waals surface area (Å²) >= 11 is 0. The second-order valence-corrected chi connectivity index (χ2v) is 5.35. The van der Waals surface area contributed by atoms with Crippen molar-refractivity contribution in [3.63, 3.8) is 0 Å². The van der Waals surface area contributed by atoms with Gasteiger partial charge in [0.25, 0.3) is 0 Å². The molecule has 16 heavy (non-hydrogen) atoms. The van der Waals surface area contributed by atoms with Crippen molar-refractivity contribution in [2.24, 2.45) is 11.7 Å². The summed E-state index contributed by atoms with van der Waals surface area (Å²) in [6.45, 7) is 14.7. The van der Waals surface area contributed by atoms with Gasteiger partial charge in [0.1, 0.15) is 0 Å². The average molecular weight is 227 g/mol. The first-order valence-electron chi connectivity index (χ1n) is 6.78. The Morgan fingerprint density at radius 2 is 1.50 bits per heavy atom. The maximum atomic E-state index is 5.92. The smallest absolute Gasteiger partial charge is 0.0244 e. The summed E-state index contributed by atoms with van der Waals surface area (Å²) < 4.78 is 0. The monoisotopic (exact) mass is 227 g/mol. The van der Waals surface area contributed by atoms with Gasteiger partial charge in [0.2, 0.25) is 0 Å². The Balaban J connectivity index is 2.45. The number of piperazine rings is 1. The van der Waals surface area contributed by atoms with Gasteiger partial charge in [0, 0.05) is 44.8 Å². The molecule has 1 heterocycles. The molecule has 1 aliphatic rings. The van der Waals surface area contributed by atoms with Crippen LogP contribution in [0, 0.1) is 5.92 Å². The Morgan fingerprint density at radius 1 is 1.00 bits per heavy atom. The fourth-order valence-corrected chi connectivity index (χ4v) is 2.60. The van der Waals surface area contributed by atoms with Crippen LogP contribution in [-0.2, 0) is 0 Å². The summed E-state index contributed by atoms with van der Waals surface area (Å²) in [5, 5.41) is 0. The Kier molecular flexibility index (Phi) is 5.73. The lowest BCUT2D eigenvalue weighted by Gasteiger charge is -2.42. The van der Waals surface area contributed by atoms with Crippen LogP contribution in [0.5, 0.6) is 0 Å². The summed E-state index contributed by atoms with van der Waals surface area (Å²) in [7, 11) is 0. The van der Waals surface area contributed by atoms with Gasteiger partial charge in [-0.15, -0.1) is 0 Å². The normalized spacial score (nSPS) is 23.6. The SMILES string of the molecule is CCC(C)C(CN)N1CCN(C(C)C)CC1. The molecule has 1 aliphatic heterocycles. The Bertz CT molecular complexity index is 186. The van der Waals surface area contributed by atoms with Crippen LogP contribution in [0.3, 0.4) is 0 Å². The van der Waals surface area contributed by atoms with E-state index in [1.807, 2.05) is 0 Å². The van der Waals surface area contributed by atoms with E-state index in [1.54, 1.807) is 0 Å². The molecule has 2 N–H and O–H groups in total. The third-order valence-electron chi connectivity index (χ3n) is 4.09. The van der Waals surface area contributed by atoms with E-state index in [1.165, 1.54) is 32.6 Å². The van der Waals surface area contributed by atoms with Crippen LogP contribution >= 0.6 is 0 Å². The summed E-state index contributed by atoms with van der Waals surface area (Å²) in [6.07, 6.45) is 1.23. The van der Waals surface area contributed by atoms with E-state index in [0.717, 1.165) is 12.5 Å². The van der Waals surface area contributed by atoms with Crippen LogP contribution < -0.4 is 5.73 Å². The first-order valence-corrected chi connectivity index (χ1v) is 6.78. The third kappa shape index (κ3) is 3.44. The largest absolute Gasteiger partial charge is 0.329 e. The van der Waals surface area contributed by atoms with Crippen LogP contribution in [0.25, 0.3) is 0 Å². The van der Waals surface area contributed by atoms with Crippen molar-refractivity contribution < 1.29 is 0 Å². The summed E-state index contributed by atoms with van der Waals surface area (Å²) in [4.78, 5) is 5.15. The molecule has 1 rings (SSSR count). The molecule has 96 valence electrons. The molecule has 0 bridgehead atoms. The van der Waals surface area contributed by atoms with Crippen molar-refractivity contribution >= 4 is 0 Å². The lowest BCUT2D eigenvalue weighted by Crippen LogP contribution is -2.55. The van der Waals surface area contributed by atoms with E-state index in [2.05, 4.69) is 37.5 Å². The molecule has 0 amide bonds. The zero-order valence-corrected chi connectivity index (χ0v) is 11.4. The van der Waals surface area contributed by atoms with Crippen molar-refractivity contribution in [2.75, 3.05) is 32.7 Å². The van der Waals surface area contributed by atoms with Crippen molar-refractivity contribution in [3.05, 3.63) is 0 Å². The number of rotatable bonds is 5. The minimum atomic E-state index is 0.583. The van der Waals surface area contributed by atoms with Gasteiger partial charge in [-0.2, -0.15) is 0 Å². The van der Waals surface area contributed by atoms with Crippen molar-refractivity contribution in [3.8, 4) is 0 Å². The molecule has 3 nitrogen and oxygen atoms in total. The lowest BCUT2D eigenvalue weighted by atomic mass is 9.97. The molecule has 0 radical (unpaired) electrons. The van der Waals surface area contributed by atoms with E-state index in [4.69, 9.17) is 5.73 Å². The molecular formula is C13H29N3. The van der Waals surface area contributed by atoms with Gasteiger partial charge in [-0.1, -0.05) is 20.3 Å². The highest BCUT2D eigenvalue weighted by Gasteiger charge is 2.26. The highest BCUT2D eigenvalue weighted by molar-refractivity contribution is 4.82. The fourth-order valence-electron chi connectivity index (χ4n) is 2.60. The highest BCUT2D eigenvalue weighted by atomic mass is 15.3. The summed E-state index contributed by atoms with van der Waals surface area (Å²) in [5.41, 5.74) is 5.92. The quantitative estimate of drug-likeness (QED) is 0.770. The van der Waals surface area contributed by atoms with Crippen molar-refractivity contribution in [1.29, 1.82) is 0 Å². The Labute approximate surface area is 101 Å². The number of hydrogen-bond donors (Lipinski definition) is 1. The third-order valence-corrected chi connectivity index (χ3v) is 4.09. The fraction of sp³-hybridized carbons (Fsp3) is 1.00. The number of nitrogens with zero attached hydrogens (tertiary/aromatic N) is 2. The molecular weight excluding hydrogens is 198 g/mol. The summed E-state index contributed by atoms with van der Waals surface area (Å²) in [6, 6.07) is 1.27. The minimum absolute atomic E-state index is 0.583. The highest BCUT2D eigenvalue weighted by Crippen LogP contribution is 2.16. The van der Waals surface area contributed by atoms with E-state index < -0.39 is 0 Å². The number of hydrogen-bond acceptors (Lipinski definition) is 3. The van der Waals surface area contributed by atoms with Gasteiger partial charge in [-0.05, 0) is 19.8 Å². The zero-order valence-electron chi connectivity index (χ0n) is 11.4. The van der Waals surface area contributed by atoms with E-state index >= 15 is 0 Å². The summed E-state index contributed by atoms with van der Waals surface area (Å²) in [5.74, 6) is 0.718. The van der Waals surface area contributed by atoms with Crippen LogP contribution in [0.1, 0.15) is 34.1 Å². The second-order valence-electron chi connectivity index (χ2n) is 5.35. The van der Waals surface area contributed by atoms with Crippen LogP contribution in [-0.4, -0.2) is 54.6 Å². The molecule has 1 saturated heterocycles. The molecule has 0 aromatic rings. The van der Waals surface area contributed by atoms with E-state index in [-0.39, 0.29) is 0 Å². The molecule has 0 saturated carbocycles. The molecule has 2 unspecified atom stereocenters. The van der Waals surface area contributed by atoms with Crippen LogP contribution in [0.4, 0.5) is 0 Å². The van der Waals surface area contributed by atoms with Crippen molar-refractivity contribution in [2.45, 2.75) is 46.2 Å². The molecule has 2 atom stereocenters. The second kappa shape index (κ2) is 6.58.